The van der Waals surface area contributed by atoms with Crippen LogP contribution in [0.15, 0.2) is 42.5 Å². The summed E-state index contributed by atoms with van der Waals surface area (Å²) in [6, 6.07) is 8.17. The number of hydrogen-bond donors (Lipinski definition) is 0. The van der Waals surface area contributed by atoms with Crippen LogP contribution in [0.3, 0.4) is 0 Å². The van der Waals surface area contributed by atoms with Crippen molar-refractivity contribution in [1.29, 1.82) is 0 Å². The highest BCUT2D eigenvalue weighted by molar-refractivity contribution is 5.66. The number of carbonyl (C=O) groups is 1. The summed E-state index contributed by atoms with van der Waals surface area (Å²) < 4.78 is 4.82. The maximum atomic E-state index is 10.6. The molecule has 0 aliphatic heterocycles. The van der Waals surface area contributed by atoms with Gasteiger partial charge < -0.3 is 4.74 Å². The predicted octanol–water partition coefficient (Wildman–Crippen LogP) is 3.13. The van der Waals surface area contributed by atoms with Gasteiger partial charge in [-0.1, -0.05) is 48.6 Å². The minimum atomic E-state index is -0.287. The average molecular weight is 216 g/mol. The molecule has 0 heterocycles. The number of rotatable bonds is 4. The second-order valence-corrected chi connectivity index (χ2v) is 3.68. The second kappa shape index (κ2) is 5.91. The third-order valence-corrected chi connectivity index (χ3v) is 2.05. The molecular weight excluding hydrogens is 200 g/mol. The first kappa shape index (κ1) is 12.2. The molecule has 0 atom stereocenters. The van der Waals surface area contributed by atoms with Crippen LogP contribution in [0.4, 0.5) is 0 Å². The van der Waals surface area contributed by atoms with Gasteiger partial charge in [-0.05, 0) is 18.1 Å². The van der Waals surface area contributed by atoms with Gasteiger partial charge in [0.1, 0.15) is 6.61 Å². The predicted molar refractivity (Wildman–Crippen MR) is 66.0 cm³/mol. The third kappa shape index (κ3) is 4.60. The van der Waals surface area contributed by atoms with E-state index in [9.17, 15) is 4.79 Å². The molecule has 0 bridgehead atoms. The van der Waals surface area contributed by atoms with E-state index in [0.29, 0.717) is 0 Å². The fraction of sp³-hybridized carbons (Fsp3) is 0.214. The molecule has 0 saturated carbocycles. The van der Waals surface area contributed by atoms with Crippen molar-refractivity contribution in [2.45, 2.75) is 13.8 Å². The van der Waals surface area contributed by atoms with Gasteiger partial charge >= 0.3 is 5.97 Å². The maximum absolute atomic E-state index is 10.6. The summed E-state index contributed by atoms with van der Waals surface area (Å²) in [4.78, 5) is 10.6. The number of hydrogen-bond acceptors (Lipinski definition) is 2. The van der Waals surface area contributed by atoms with E-state index in [4.69, 9.17) is 4.74 Å². The van der Waals surface area contributed by atoms with Crippen LogP contribution in [-0.2, 0) is 9.53 Å². The molecule has 0 N–H and O–H groups in total. The van der Waals surface area contributed by atoms with Gasteiger partial charge in [0, 0.05) is 6.92 Å². The zero-order valence-electron chi connectivity index (χ0n) is 9.69. The molecule has 0 unspecified atom stereocenters. The molecule has 2 heteroatoms. The topological polar surface area (TPSA) is 26.3 Å². The van der Waals surface area contributed by atoms with E-state index in [2.05, 4.69) is 18.7 Å². The highest BCUT2D eigenvalue weighted by atomic mass is 16.5. The van der Waals surface area contributed by atoms with E-state index < -0.39 is 0 Å². The van der Waals surface area contributed by atoms with Crippen LogP contribution in [-0.4, -0.2) is 12.6 Å². The van der Waals surface area contributed by atoms with Crippen molar-refractivity contribution in [1.82, 2.24) is 0 Å². The standard InChI is InChI=1S/C14H16O2/c1-11-4-7-14(8-5-11)9-6-12(2)10-16-13(3)15/h4-9H,2,10H2,1,3H3/b9-6+. The zero-order chi connectivity index (χ0) is 12.0. The van der Waals surface area contributed by atoms with Crippen molar-refractivity contribution in [2.24, 2.45) is 0 Å². The Hall–Kier alpha value is -1.83. The highest BCUT2D eigenvalue weighted by Crippen LogP contribution is 2.06. The van der Waals surface area contributed by atoms with Crippen molar-refractivity contribution in [2.75, 3.05) is 6.61 Å². The average Bonchev–Trinajstić information content (AvgIpc) is 2.25. The Morgan fingerprint density at radius 2 is 2.00 bits per heavy atom. The van der Waals surface area contributed by atoms with Crippen molar-refractivity contribution in [3.05, 3.63) is 53.6 Å². The summed E-state index contributed by atoms with van der Waals surface area (Å²) in [6.07, 6.45) is 3.80. The van der Waals surface area contributed by atoms with Crippen molar-refractivity contribution in [3.8, 4) is 0 Å². The molecule has 84 valence electrons. The number of ether oxygens (including phenoxy) is 1. The highest BCUT2D eigenvalue weighted by Gasteiger charge is 1.93. The lowest BCUT2D eigenvalue weighted by atomic mass is 10.1. The van der Waals surface area contributed by atoms with E-state index >= 15 is 0 Å². The summed E-state index contributed by atoms with van der Waals surface area (Å²) >= 11 is 0. The first-order valence-electron chi connectivity index (χ1n) is 5.14. The Morgan fingerprint density at radius 3 is 2.56 bits per heavy atom. The lowest BCUT2D eigenvalue weighted by Gasteiger charge is -2.00. The molecule has 0 radical (unpaired) electrons. The van der Waals surface area contributed by atoms with Gasteiger partial charge in [0.05, 0.1) is 0 Å². The molecule has 0 aliphatic rings. The Bertz CT molecular complexity index is 399. The number of aryl methyl sites for hydroxylation is 1. The summed E-state index contributed by atoms with van der Waals surface area (Å²) in [7, 11) is 0. The molecule has 2 nitrogen and oxygen atoms in total. The fourth-order valence-electron chi connectivity index (χ4n) is 1.13. The normalized spacial score (nSPS) is 10.4. The summed E-state index contributed by atoms with van der Waals surface area (Å²) in [5.74, 6) is -0.287. The van der Waals surface area contributed by atoms with Crippen LogP contribution < -0.4 is 0 Å². The molecule has 0 aromatic heterocycles. The number of benzene rings is 1. The van der Waals surface area contributed by atoms with E-state index in [-0.39, 0.29) is 12.6 Å². The van der Waals surface area contributed by atoms with E-state index in [1.807, 2.05) is 31.2 Å². The number of esters is 1. The summed E-state index contributed by atoms with van der Waals surface area (Å²) in [5, 5.41) is 0. The SMILES string of the molecule is C=C(/C=C/c1ccc(C)cc1)COC(C)=O. The Morgan fingerprint density at radius 1 is 1.38 bits per heavy atom. The lowest BCUT2D eigenvalue weighted by molar-refractivity contribution is -0.139. The van der Waals surface area contributed by atoms with Gasteiger partial charge in [-0.15, -0.1) is 0 Å². The minimum Gasteiger partial charge on any atom is -0.461 e. The third-order valence-electron chi connectivity index (χ3n) is 2.05. The molecule has 1 aromatic carbocycles. The molecule has 0 saturated heterocycles. The number of carbonyl (C=O) groups excluding carboxylic acids is 1. The minimum absolute atomic E-state index is 0.248. The first-order valence-corrected chi connectivity index (χ1v) is 5.14. The molecule has 1 rings (SSSR count). The first-order chi connectivity index (χ1) is 7.58. The van der Waals surface area contributed by atoms with Gasteiger partial charge in [-0.3, -0.25) is 4.79 Å². The van der Waals surface area contributed by atoms with Gasteiger partial charge in [-0.2, -0.15) is 0 Å². The molecular formula is C14H16O2. The van der Waals surface area contributed by atoms with Gasteiger partial charge in [0.15, 0.2) is 0 Å². The molecule has 16 heavy (non-hydrogen) atoms. The van der Waals surface area contributed by atoms with Crippen LogP contribution in [0.5, 0.6) is 0 Å². The van der Waals surface area contributed by atoms with Crippen LogP contribution in [0.25, 0.3) is 6.08 Å². The Kier molecular flexibility index (Phi) is 4.52. The van der Waals surface area contributed by atoms with Gasteiger partial charge in [0.2, 0.25) is 0 Å². The smallest absolute Gasteiger partial charge is 0.302 e. The lowest BCUT2D eigenvalue weighted by Crippen LogP contribution is -2.00. The maximum Gasteiger partial charge on any atom is 0.302 e. The van der Waals surface area contributed by atoms with Crippen LogP contribution in [0.1, 0.15) is 18.1 Å². The monoisotopic (exact) mass is 216 g/mol. The van der Waals surface area contributed by atoms with Crippen molar-refractivity contribution in [3.63, 3.8) is 0 Å². The Labute approximate surface area is 96.2 Å². The van der Waals surface area contributed by atoms with Crippen molar-refractivity contribution >= 4 is 12.0 Å². The van der Waals surface area contributed by atoms with E-state index in [1.54, 1.807) is 0 Å². The van der Waals surface area contributed by atoms with E-state index in [0.717, 1.165) is 11.1 Å². The van der Waals surface area contributed by atoms with Crippen LogP contribution in [0, 0.1) is 6.92 Å². The summed E-state index contributed by atoms with van der Waals surface area (Å²) in [6.45, 7) is 7.48. The molecule has 0 amide bonds. The van der Waals surface area contributed by atoms with Gasteiger partial charge in [-0.25, -0.2) is 0 Å². The molecule has 0 fully saturated rings. The zero-order valence-corrected chi connectivity index (χ0v) is 9.69. The second-order valence-electron chi connectivity index (χ2n) is 3.68. The molecule has 0 aliphatic carbocycles. The summed E-state index contributed by atoms with van der Waals surface area (Å²) in [5.41, 5.74) is 3.11. The Balaban J connectivity index is 2.50. The molecule has 1 aromatic rings. The molecule has 0 spiro atoms. The van der Waals surface area contributed by atoms with Crippen molar-refractivity contribution < 1.29 is 9.53 Å². The fourth-order valence-corrected chi connectivity index (χ4v) is 1.13. The largest absolute Gasteiger partial charge is 0.461 e. The van der Waals surface area contributed by atoms with Gasteiger partial charge in [0.25, 0.3) is 0 Å². The quantitative estimate of drug-likeness (QED) is 0.571. The van der Waals surface area contributed by atoms with Crippen LogP contribution in [0.2, 0.25) is 0 Å². The van der Waals surface area contributed by atoms with Crippen LogP contribution >= 0.6 is 0 Å². The van der Waals surface area contributed by atoms with E-state index in [1.165, 1.54) is 12.5 Å².